The van der Waals surface area contributed by atoms with E-state index in [0.717, 1.165) is 24.0 Å². The summed E-state index contributed by atoms with van der Waals surface area (Å²) >= 11 is 0. The van der Waals surface area contributed by atoms with Gasteiger partial charge in [0.15, 0.2) is 0 Å². The molecule has 0 aromatic heterocycles. The van der Waals surface area contributed by atoms with Gasteiger partial charge in [-0.15, -0.1) is 0 Å². The van der Waals surface area contributed by atoms with Gasteiger partial charge in [0, 0.05) is 31.2 Å². The third-order valence-electron chi connectivity index (χ3n) is 5.05. The molecule has 0 amide bonds. The average Bonchev–Trinajstić information content (AvgIpc) is 2.39. The molecular formula is C15H30N2. The molecule has 3 atom stereocenters. The zero-order chi connectivity index (χ0) is 12.3. The Morgan fingerprint density at radius 1 is 1.24 bits per heavy atom. The third-order valence-corrected chi connectivity index (χ3v) is 5.05. The minimum atomic E-state index is 0.717. The molecule has 3 unspecified atom stereocenters. The van der Waals surface area contributed by atoms with Gasteiger partial charge in [0.25, 0.3) is 0 Å². The van der Waals surface area contributed by atoms with Crippen molar-refractivity contribution in [3.8, 4) is 0 Å². The minimum Gasteiger partial charge on any atom is -0.311 e. The molecule has 1 heterocycles. The molecule has 2 heteroatoms. The Labute approximate surface area is 107 Å². The van der Waals surface area contributed by atoms with Crippen LogP contribution < -0.4 is 5.32 Å². The first-order valence-electron chi connectivity index (χ1n) is 7.71. The van der Waals surface area contributed by atoms with E-state index < -0.39 is 0 Å². The van der Waals surface area contributed by atoms with Crippen LogP contribution >= 0.6 is 0 Å². The second-order valence-corrected chi connectivity index (χ2v) is 6.20. The Balaban J connectivity index is 1.93. The standard InChI is InChI=1S/C15H30N2/c1-4-15-11-17(12(2)10-16-15)13(3)14-8-6-5-7-9-14/h12-16H,4-11H2,1-3H3. The molecule has 0 bridgehead atoms. The van der Waals surface area contributed by atoms with Crippen LogP contribution in [0.5, 0.6) is 0 Å². The summed E-state index contributed by atoms with van der Waals surface area (Å²) in [4.78, 5) is 2.78. The van der Waals surface area contributed by atoms with E-state index in [1.807, 2.05) is 0 Å². The van der Waals surface area contributed by atoms with Crippen LogP contribution in [0, 0.1) is 5.92 Å². The van der Waals surface area contributed by atoms with Gasteiger partial charge < -0.3 is 5.32 Å². The first-order valence-corrected chi connectivity index (χ1v) is 7.71. The van der Waals surface area contributed by atoms with Crippen LogP contribution in [0.1, 0.15) is 59.3 Å². The molecule has 1 saturated carbocycles. The molecule has 0 aromatic carbocycles. The lowest BCUT2D eigenvalue weighted by Gasteiger charge is -2.45. The van der Waals surface area contributed by atoms with Crippen molar-refractivity contribution >= 4 is 0 Å². The molecule has 1 saturated heterocycles. The van der Waals surface area contributed by atoms with Crippen LogP contribution in [-0.2, 0) is 0 Å². The SMILES string of the molecule is CCC1CN(C(C)C2CCCCC2)C(C)CN1. The second kappa shape index (κ2) is 6.19. The lowest BCUT2D eigenvalue weighted by Crippen LogP contribution is -2.59. The van der Waals surface area contributed by atoms with Gasteiger partial charge in [-0.1, -0.05) is 26.2 Å². The first kappa shape index (κ1) is 13.4. The Morgan fingerprint density at radius 2 is 1.94 bits per heavy atom. The van der Waals surface area contributed by atoms with Gasteiger partial charge >= 0.3 is 0 Å². The normalized spacial score (nSPS) is 34.8. The van der Waals surface area contributed by atoms with Crippen LogP contribution in [0.4, 0.5) is 0 Å². The maximum absolute atomic E-state index is 3.66. The fourth-order valence-electron chi connectivity index (χ4n) is 3.68. The highest BCUT2D eigenvalue weighted by Gasteiger charge is 2.31. The predicted molar refractivity (Wildman–Crippen MR) is 74.3 cm³/mol. The molecule has 1 N–H and O–H groups in total. The van der Waals surface area contributed by atoms with Crippen molar-refractivity contribution in [2.24, 2.45) is 5.92 Å². The van der Waals surface area contributed by atoms with E-state index in [1.165, 1.54) is 51.6 Å². The Kier molecular flexibility index (Phi) is 4.87. The molecule has 2 fully saturated rings. The third kappa shape index (κ3) is 3.23. The largest absolute Gasteiger partial charge is 0.311 e. The lowest BCUT2D eigenvalue weighted by atomic mass is 9.83. The molecule has 2 nitrogen and oxygen atoms in total. The highest BCUT2D eigenvalue weighted by Crippen LogP contribution is 2.30. The van der Waals surface area contributed by atoms with Crippen molar-refractivity contribution in [1.29, 1.82) is 0 Å². The van der Waals surface area contributed by atoms with Gasteiger partial charge in [0.05, 0.1) is 0 Å². The zero-order valence-electron chi connectivity index (χ0n) is 11.9. The van der Waals surface area contributed by atoms with Gasteiger partial charge in [-0.25, -0.2) is 0 Å². The van der Waals surface area contributed by atoms with Gasteiger partial charge in [-0.3, -0.25) is 4.90 Å². The molecule has 2 rings (SSSR count). The summed E-state index contributed by atoms with van der Waals surface area (Å²) < 4.78 is 0. The van der Waals surface area contributed by atoms with Crippen LogP contribution in [0.3, 0.4) is 0 Å². The van der Waals surface area contributed by atoms with E-state index in [1.54, 1.807) is 0 Å². The van der Waals surface area contributed by atoms with Crippen LogP contribution in [0.2, 0.25) is 0 Å². The second-order valence-electron chi connectivity index (χ2n) is 6.20. The zero-order valence-corrected chi connectivity index (χ0v) is 11.9. The van der Waals surface area contributed by atoms with E-state index >= 15 is 0 Å². The van der Waals surface area contributed by atoms with Gasteiger partial charge in [-0.05, 0) is 39.0 Å². The smallest absolute Gasteiger partial charge is 0.0196 e. The number of hydrogen-bond donors (Lipinski definition) is 1. The summed E-state index contributed by atoms with van der Waals surface area (Å²) in [6.45, 7) is 9.60. The quantitative estimate of drug-likeness (QED) is 0.813. The molecule has 0 aromatic rings. The molecule has 1 aliphatic heterocycles. The summed E-state index contributed by atoms with van der Waals surface area (Å²) in [5.74, 6) is 0.960. The number of nitrogens with zero attached hydrogens (tertiary/aromatic N) is 1. The fourth-order valence-corrected chi connectivity index (χ4v) is 3.68. The Morgan fingerprint density at radius 3 is 2.59 bits per heavy atom. The van der Waals surface area contributed by atoms with Crippen LogP contribution in [0.15, 0.2) is 0 Å². The number of hydrogen-bond acceptors (Lipinski definition) is 2. The maximum Gasteiger partial charge on any atom is 0.0196 e. The molecule has 100 valence electrons. The molecule has 0 spiro atoms. The van der Waals surface area contributed by atoms with Gasteiger partial charge in [0.2, 0.25) is 0 Å². The van der Waals surface area contributed by atoms with Gasteiger partial charge in [-0.2, -0.15) is 0 Å². The summed E-state index contributed by atoms with van der Waals surface area (Å²) in [7, 11) is 0. The Hall–Kier alpha value is -0.0800. The molecule has 0 radical (unpaired) electrons. The molecule has 1 aliphatic carbocycles. The number of piperazine rings is 1. The monoisotopic (exact) mass is 238 g/mol. The highest BCUT2D eigenvalue weighted by atomic mass is 15.2. The van der Waals surface area contributed by atoms with Crippen molar-refractivity contribution in [2.75, 3.05) is 13.1 Å². The van der Waals surface area contributed by atoms with Crippen molar-refractivity contribution < 1.29 is 0 Å². The predicted octanol–water partition coefficient (Wildman–Crippen LogP) is 3.03. The summed E-state index contributed by atoms with van der Waals surface area (Å²) in [6.07, 6.45) is 8.60. The van der Waals surface area contributed by atoms with E-state index in [0.29, 0.717) is 0 Å². The summed E-state index contributed by atoms with van der Waals surface area (Å²) in [5, 5.41) is 3.66. The van der Waals surface area contributed by atoms with Crippen molar-refractivity contribution in [2.45, 2.75) is 77.4 Å². The molecule has 2 aliphatic rings. The maximum atomic E-state index is 3.66. The van der Waals surface area contributed by atoms with E-state index in [4.69, 9.17) is 0 Å². The van der Waals surface area contributed by atoms with Crippen LogP contribution in [0.25, 0.3) is 0 Å². The van der Waals surface area contributed by atoms with Crippen molar-refractivity contribution in [3.63, 3.8) is 0 Å². The first-order chi connectivity index (χ1) is 8.22. The van der Waals surface area contributed by atoms with E-state index in [9.17, 15) is 0 Å². The molecular weight excluding hydrogens is 208 g/mol. The van der Waals surface area contributed by atoms with E-state index in [2.05, 4.69) is 31.0 Å². The Bertz CT molecular complexity index is 223. The van der Waals surface area contributed by atoms with Crippen molar-refractivity contribution in [3.05, 3.63) is 0 Å². The number of nitrogens with one attached hydrogen (secondary N) is 1. The van der Waals surface area contributed by atoms with Crippen molar-refractivity contribution in [1.82, 2.24) is 10.2 Å². The lowest BCUT2D eigenvalue weighted by molar-refractivity contribution is 0.0556. The number of rotatable bonds is 3. The van der Waals surface area contributed by atoms with E-state index in [-0.39, 0.29) is 0 Å². The topological polar surface area (TPSA) is 15.3 Å². The summed E-state index contributed by atoms with van der Waals surface area (Å²) in [5.41, 5.74) is 0. The highest BCUT2D eigenvalue weighted by molar-refractivity contribution is 4.89. The minimum absolute atomic E-state index is 0.717. The molecule has 17 heavy (non-hydrogen) atoms. The average molecular weight is 238 g/mol. The fraction of sp³-hybridized carbons (Fsp3) is 1.00. The van der Waals surface area contributed by atoms with Crippen LogP contribution in [-0.4, -0.2) is 36.1 Å². The van der Waals surface area contributed by atoms with Gasteiger partial charge in [0.1, 0.15) is 0 Å². The summed E-state index contributed by atoms with van der Waals surface area (Å²) in [6, 6.07) is 2.23.